The van der Waals surface area contributed by atoms with E-state index in [0.717, 1.165) is 67.0 Å². The second-order valence-corrected chi connectivity index (χ2v) is 12.5. The van der Waals surface area contributed by atoms with Crippen molar-refractivity contribution in [3.8, 4) is 0 Å². The molecule has 2 atom stereocenters. The molecule has 1 amide bonds. The molecule has 40 heavy (non-hydrogen) atoms. The maximum absolute atomic E-state index is 14.1. The van der Waals surface area contributed by atoms with Crippen molar-refractivity contribution in [2.24, 2.45) is 5.92 Å². The Labute approximate surface area is 242 Å². The summed E-state index contributed by atoms with van der Waals surface area (Å²) in [7, 11) is 0. The summed E-state index contributed by atoms with van der Waals surface area (Å²) in [5.41, 5.74) is 3.01. The number of amides is 1. The second-order valence-electron chi connectivity index (χ2n) is 11.4. The first-order valence-corrected chi connectivity index (χ1v) is 16.2. The molecule has 0 spiro atoms. The number of para-hydroxylation sites is 2. The van der Waals surface area contributed by atoms with E-state index in [0.29, 0.717) is 17.9 Å². The number of thioether (sulfide) groups is 1. The quantitative estimate of drug-likeness (QED) is 0.125. The van der Waals surface area contributed by atoms with Crippen LogP contribution in [0, 0.1) is 5.92 Å². The SMILES string of the molecule is CCC(C)OC(=O)Cn1c(SCCCN(C(=O)C(c2ccccc2)C2CCCCC2)C2CC2)nc2ccccc21. The van der Waals surface area contributed by atoms with Gasteiger partial charge in [-0.15, -0.1) is 0 Å². The van der Waals surface area contributed by atoms with E-state index < -0.39 is 0 Å². The molecule has 7 heteroatoms. The molecule has 0 bridgehead atoms. The Morgan fingerprint density at radius 2 is 1.75 bits per heavy atom. The monoisotopic (exact) mass is 561 g/mol. The van der Waals surface area contributed by atoms with E-state index in [1.54, 1.807) is 11.8 Å². The third-order valence-corrected chi connectivity index (χ3v) is 9.47. The van der Waals surface area contributed by atoms with E-state index in [9.17, 15) is 9.59 Å². The van der Waals surface area contributed by atoms with Gasteiger partial charge >= 0.3 is 5.97 Å². The van der Waals surface area contributed by atoms with E-state index in [2.05, 4.69) is 29.2 Å². The zero-order valence-corrected chi connectivity index (χ0v) is 24.8. The fraction of sp³-hybridized carbons (Fsp3) is 0.545. The molecule has 2 saturated carbocycles. The van der Waals surface area contributed by atoms with Crippen LogP contribution in [-0.4, -0.2) is 50.8 Å². The number of hydrogen-bond acceptors (Lipinski definition) is 5. The van der Waals surface area contributed by atoms with Gasteiger partial charge in [-0.05, 0) is 69.1 Å². The van der Waals surface area contributed by atoms with Gasteiger partial charge in [0.05, 0.1) is 23.1 Å². The molecule has 5 rings (SSSR count). The molecule has 214 valence electrons. The highest BCUT2D eigenvalue weighted by atomic mass is 32.2. The van der Waals surface area contributed by atoms with Crippen molar-refractivity contribution in [2.75, 3.05) is 12.3 Å². The van der Waals surface area contributed by atoms with Crippen molar-refractivity contribution < 1.29 is 14.3 Å². The van der Waals surface area contributed by atoms with Gasteiger partial charge in [-0.25, -0.2) is 4.98 Å². The highest BCUT2D eigenvalue weighted by Crippen LogP contribution is 2.40. The van der Waals surface area contributed by atoms with Crippen LogP contribution in [0.3, 0.4) is 0 Å². The van der Waals surface area contributed by atoms with Crippen LogP contribution in [0.2, 0.25) is 0 Å². The Kier molecular flexibility index (Phi) is 9.84. The molecule has 2 fully saturated rings. The second kappa shape index (κ2) is 13.7. The van der Waals surface area contributed by atoms with Crippen LogP contribution in [0.25, 0.3) is 11.0 Å². The first-order chi connectivity index (χ1) is 19.5. The fourth-order valence-electron chi connectivity index (χ4n) is 5.97. The molecular weight excluding hydrogens is 518 g/mol. The molecule has 1 aromatic heterocycles. The number of esters is 1. The predicted octanol–water partition coefficient (Wildman–Crippen LogP) is 7.22. The minimum atomic E-state index is -0.237. The summed E-state index contributed by atoms with van der Waals surface area (Å²) in [4.78, 5) is 33.8. The first kappa shape index (κ1) is 28.7. The summed E-state index contributed by atoms with van der Waals surface area (Å²) >= 11 is 1.66. The lowest BCUT2D eigenvalue weighted by Crippen LogP contribution is -2.40. The maximum atomic E-state index is 14.1. The van der Waals surface area contributed by atoms with Gasteiger partial charge in [0.15, 0.2) is 5.16 Å². The van der Waals surface area contributed by atoms with Crippen LogP contribution in [0.1, 0.15) is 83.1 Å². The Bertz CT molecular complexity index is 1270. The van der Waals surface area contributed by atoms with Crippen LogP contribution in [0.4, 0.5) is 0 Å². The van der Waals surface area contributed by atoms with Crippen molar-refractivity contribution in [2.45, 2.75) is 101 Å². The highest BCUT2D eigenvalue weighted by molar-refractivity contribution is 7.99. The Morgan fingerprint density at radius 3 is 2.48 bits per heavy atom. The largest absolute Gasteiger partial charge is 0.461 e. The number of rotatable bonds is 13. The van der Waals surface area contributed by atoms with E-state index in [1.165, 1.54) is 24.8 Å². The lowest BCUT2D eigenvalue weighted by Gasteiger charge is -2.34. The van der Waals surface area contributed by atoms with Crippen molar-refractivity contribution in [1.82, 2.24) is 14.5 Å². The summed E-state index contributed by atoms with van der Waals surface area (Å²) in [6, 6.07) is 18.8. The molecule has 3 aromatic rings. The van der Waals surface area contributed by atoms with Crippen molar-refractivity contribution in [3.63, 3.8) is 0 Å². The lowest BCUT2D eigenvalue weighted by molar-refractivity contribution is -0.149. The number of carbonyl (C=O) groups excluding carboxylic acids is 2. The molecule has 0 radical (unpaired) electrons. The minimum absolute atomic E-state index is 0.0320. The van der Waals surface area contributed by atoms with E-state index in [-0.39, 0.29) is 24.5 Å². The van der Waals surface area contributed by atoms with Crippen LogP contribution in [-0.2, 0) is 20.9 Å². The topological polar surface area (TPSA) is 64.4 Å². The number of hydrogen-bond donors (Lipinski definition) is 0. The molecule has 2 aromatic carbocycles. The summed E-state index contributed by atoms with van der Waals surface area (Å²) in [5, 5.41) is 0.830. The van der Waals surface area contributed by atoms with E-state index in [1.807, 2.05) is 48.7 Å². The van der Waals surface area contributed by atoms with Gasteiger partial charge in [-0.3, -0.25) is 9.59 Å². The van der Waals surface area contributed by atoms with E-state index in [4.69, 9.17) is 9.72 Å². The van der Waals surface area contributed by atoms with Gasteiger partial charge in [0.25, 0.3) is 0 Å². The Balaban J connectivity index is 1.25. The van der Waals surface area contributed by atoms with Crippen molar-refractivity contribution >= 4 is 34.7 Å². The van der Waals surface area contributed by atoms with Gasteiger partial charge in [-0.2, -0.15) is 0 Å². The standard InChI is InChI=1S/C33H43N3O3S/c1-3-24(2)39-30(37)23-36-29-18-11-10-17-28(29)34-33(36)40-22-12-21-35(27-19-20-27)32(38)31(25-13-6-4-7-14-25)26-15-8-5-9-16-26/h4,6-7,10-11,13-14,17-18,24,26-27,31H,3,5,8-9,12,15-16,19-23H2,1-2H3. The summed E-state index contributed by atoms with van der Waals surface area (Å²) in [5.74, 6) is 1.33. The number of fused-ring (bicyclic) bond motifs is 1. The molecule has 0 saturated heterocycles. The lowest BCUT2D eigenvalue weighted by atomic mass is 9.76. The number of aromatic nitrogens is 2. The molecule has 2 unspecified atom stereocenters. The molecule has 1 heterocycles. The van der Waals surface area contributed by atoms with Crippen LogP contribution < -0.4 is 0 Å². The summed E-state index contributed by atoms with van der Waals surface area (Å²) in [6.07, 6.45) is 9.84. The summed E-state index contributed by atoms with van der Waals surface area (Å²) in [6.45, 7) is 4.85. The Hall–Kier alpha value is -2.80. The first-order valence-electron chi connectivity index (χ1n) is 15.2. The highest BCUT2D eigenvalue weighted by Gasteiger charge is 2.39. The molecule has 0 aliphatic heterocycles. The fourth-order valence-corrected chi connectivity index (χ4v) is 6.91. The van der Waals surface area contributed by atoms with Gasteiger partial charge in [0, 0.05) is 18.3 Å². The Morgan fingerprint density at radius 1 is 1.02 bits per heavy atom. The number of benzene rings is 2. The van der Waals surface area contributed by atoms with E-state index >= 15 is 0 Å². The minimum Gasteiger partial charge on any atom is -0.461 e. The number of imidazole rings is 1. The normalized spacial score (nSPS) is 17.4. The number of nitrogens with zero attached hydrogens (tertiary/aromatic N) is 3. The third kappa shape index (κ3) is 7.09. The van der Waals surface area contributed by atoms with Gasteiger partial charge in [-0.1, -0.05) is 80.4 Å². The third-order valence-electron chi connectivity index (χ3n) is 8.41. The smallest absolute Gasteiger partial charge is 0.326 e. The molecule has 0 N–H and O–H groups in total. The van der Waals surface area contributed by atoms with Crippen molar-refractivity contribution in [1.29, 1.82) is 0 Å². The molecule has 6 nitrogen and oxygen atoms in total. The van der Waals surface area contributed by atoms with Gasteiger partial charge in [0.1, 0.15) is 6.54 Å². The average molecular weight is 562 g/mol. The number of ether oxygens (including phenoxy) is 1. The van der Waals surface area contributed by atoms with Crippen molar-refractivity contribution in [3.05, 3.63) is 60.2 Å². The molecule has 2 aliphatic carbocycles. The summed E-state index contributed by atoms with van der Waals surface area (Å²) < 4.78 is 7.54. The zero-order valence-electron chi connectivity index (χ0n) is 24.0. The van der Waals surface area contributed by atoms with Gasteiger partial charge in [0.2, 0.25) is 5.91 Å². The van der Waals surface area contributed by atoms with Crippen LogP contribution >= 0.6 is 11.8 Å². The van der Waals surface area contributed by atoms with Crippen LogP contribution in [0.15, 0.2) is 59.8 Å². The predicted molar refractivity (Wildman–Crippen MR) is 161 cm³/mol. The van der Waals surface area contributed by atoms with Crippen LogP contribution in [0.5, 0.6) is 0 Å². The zero-order chi connectivity index (χ0) is 27.9. The average Bonchev–Trinajstić information content (AvgIpc) is 3.76. The molecule has 2 aliphatic rings. The van der Waals surface area contributed by atoms with Gasteiger partial charge < -0.3 is 14.2 Å². The molecular formula is C33H43N3O3S. The maximum Gasteiger partial charge on any atom is 0.326 e. The number of carbonyl (C=O) groups is 2.